The Morgan fingerprint density at radius 2 is 2.13 bits per heavy atom. The molecule has 6 nitrogen and oxygen atoms in total. The molecule has 120 valence electrons. The van der Waals surface area contributed by atoms with Crippen molar-refractivity contribution in [3.8, 4) is 0 Å². The maximum atomic E-state index is 9.02. The lowest BCUT2D eigenvalue weighted by atomic mass is 10.2. The Labute approximate surface area is 138 Å². The van der Waals surface area contributed by atoms with Gasteiger partial charge in [-0.2, -0.15) is 0 Å². The number of aliphatic hydroxyl groups excluding tert-OH is 1. The van der Waals surface area contributed by atoms with E-state index >= 15 is 0 Å². The van der Waals surface area contributed by atoms with Crippen molar-refractivity contribution in [2.24, 2.45) is 0 Å². The molecular formula is C16H19N5OS. The van der Waals surface area contributed by atoms with Gasteiger partial charge in [-0.25, -0.2) is 15.0 Å². The van der Waals surface area contributed by atoms with E-state index in [9.17, 15) is 0 Å². The van der Waals surface area contributed by atoms with Gasteiger partial charge in [0.25, 0.3) is 0 Å². The summed E-state index contributed by atoms with van der Waals surface area (Å²) in [4.78, 5) is 17.0. The Bertz CT molecular complexity index is 856. The number of thiophene rings is 1. The molecule has 1 fully saturated rings. The molecule has 1 aliphatic rings. The first-order valence-electron chi connectivity index (χ1n) is 7.92. The average Bonchev–Trinajstić information content (AvgIpc) is 3.20. The van der Waals surface area contributed by atoms with Crippen LogP contribution in [0.5, 0.6) is 0 Å². The van der Waals surface area contributed by atoms with Gasteiger partial charge in [-0.3, -0.25) is 0 Å². The minimum absolute atomic E-state index is 0.0762. The number of hydrogen-bond acceptors (Lipinski definition) is 7. The highest BCUT2D eigenvalue weighted by atomic mass is 32.1. The summed E-state index contributed by atoms with van der Waals surface area (Å²) >= 11 is 1.62. The molecule has 1 aliphatic heterocycles. The number of nitrogens with one attached hydrogen (secondary N) is 1. The van der Waals surface area contributed by atoms with Crippen LogP contribution in [0.3, 0.4) is 0 Å². The van der Waals surface area contributed by atoms with E-state index < -0.39 is 0 Å². The zero-order valence-corrected chi connectivity index (χ0v) is 13.9. The molecule has 3 aromatic rings. The van der Waals surface area contributed by atoms with Crippen LogP contribution in [0.15, 0.2) is 12.4 Å². The first kappa shape index (κ1) is 14.6. The molecule has 0 saturated carbocycles. The number of aryl methyl sites for hydroxylation is 1. The van der Waals surface area contributed by atoms with Crippen LogP contribution in [0.1, 0.15) is 18.4 Å². The predicted molar refractivity (Wildman–Crippen MR) is 94.5 cm³/mol. The number of aliphatic hydroxyl groups is 1. The molecule has 0 atom stereocenters. The van der Waals surface area contributed by atoms with E-state index in [4.69, 9.17) is 10.1 Å². The van der Waals surface area contributed by atoms with Crippen molar-refractivity contribution in [3.05, 3.63) is 18.0 Å². The van der Waals surface area contributed by atoms with Crippen molar-refractivity contribution in [2.75, 3.05) is 36.5 Å². The molecule has 4 heterocycles. The smallest absolute Gasteiger partial charge is 0.147 e. The maximum absolute atomic E-state index is 9.02. The largest absolute Gasteiger partial charge is 0.395 e. The predicted octanol–water partition coefficient (Wildman–Crippen LogP) is 2.55. The Morgan fingerprint density at radius 3 is 2.91 bits per heavy atom. The van der Waals surface area contributed by atoms with Crippen LogP contribution in [0.25, 0.3) is 20.4 Å². The Balaban J connectivity index is 1.88. The zero-order chi connectivity index (χ0) is 15.8. The summed E-state index contributed by atoms with van der Waals surface area (Å²) in [6, 6.07) is 2.17. The van der Waals surface area contributed by atoms with Crippen LogP contribution < -0.4 is 10.2 Å². The summed E-state index contributed by atoms with van der Waals surface area (Å²) in [6.07, 6.45) is 4.06. The molecule has 2 N–H and O–H groups in total. The first-order valence-corrected chi connectivity index (χ1v) is 8.74. The van der Waals surface area contributed by atoms with Gasteiger partial charge in [0.05, 0.1) is 16.8 Å². The zero-order valence-electron chi connectivity index (χ0n) is 13.0. The highest BCUT2D eigenvalue weighted by Crippen LogP contribution is 2.38. The molecule has 23 heavy (non-hydrogen) atoms. The van der Waals surface area contributed by atoms with E-state index in [2.05, 4.69) is 33.2 Å². The van der Waals surface area contributed by atoms with Crippen molar-refractivity contribution >= 4 is 43.4 Å². The SMILES string of the molecule is Cc1cc(N2CCCC2)nc2sc3c(NCCO)ncnc3c12. The molecule has 1 saturated heterocycles. The molecule has 0 bridgehead atoms. The third kappa shape index (κ3) is 2.49. The maximum Gasteiger partial charge on any atom is 0.147 e. The van der Waals surface area contributed by atoms with Crippen LogP contribution >= 0.6 is 11.3 Å². The topological polar surface area (TPSA) is 74.2 Å². The third-order valence-electron chi connectivity index (χ3n) is 4.24. The molecule has 0 aromatic carbocycles. The van der Waals surface area contributed by atoms with E-state index in [1.165, 1.54) is 18.4 Å². The summed E-state index contributed by atoms with van der Waals surface area (Å²) < 4.78 is 1.00. The molecule has 0 unspecified atom stereocenters. The van der Waals surface area contributed by atoms with Gasteiger partial charge >= 0.3 is 0 Å². The van der Waals surface area contributed by atoms with Crippen LogP contribution in [0.2, 0.25) is 0 Å². The Kier molecular flexibility index (Phi) is 3.74. The summed E-state index contributed by atoms with van der Waals surface area (Å²) in [7, 11) is 0. The van der Waals surface area contributed by atoms with Gasteiger partial charge in [0.1, 0.15) is 22.8 Å². The fourth-order valence-corrected chi connectivity index (χ4v) is 4.31. The van der Waals surface area contributed by atoms with E-state index in [-0.39, 0.29) is 6.61 Å². The van der Waals surface area contributed by atoms with Crippen molar-refractivity contribution in [2.45, 2.75) is 19.8 Å². The monoisotopic (exact) mass is 329 g/mol. The summed E-state index contributed by atoms with van der Waals surface area (Å²) in [6.45, 7) is 4.86. The second-order valence-corrected chi connectivity index (χ2v) is 6.82. The highest BCUT2D eigenvalue weighted by molar-refractivity contribution is 7.26. The number of hydrogen-bond donors (Lipinski definition) is 2. The molecule has 7 heteroatoms. The number of fused-ring (bicyclic) bond motifs is 3. The number of rotatable bonds is 4. The van der Waals surface area contributed by atoms with Crippen LogP contribution in [0.4, 0.5) is 11.6 Å². The van der Waals surface area contributed by atoms with E-state index in [0.717, 1.165) is 45.2 Å². The summed E-state index contributed by atoms with van der Waals surface area (Å²) in [5, 5.41) is 13.3. The van der Waals surface area contributed by atoms with Crippen LogP contribution in [-0.4, -0.2) is 46.3 Å². The van der Waals surface area contributed by atoms with Gasteiger partial charge in [-0.15, -0.1) is 11.3 Å². The molecular weight excluding hydrogens is 310 g/mol. The minimum atomic E-state index is 0.0762. The van der Waals surface area contributed by atoms with E-state index in [1.807, 2.05) is 0 Å². The second kappa shape index (κ2) is 5.90. The fraction of sp³-hybridized carbons (Fsp3) is 0.438. The average molecular weight is 329 g/mol. The molecule has 0 amide bonds. The van der Waals surface area contributed by atoms with Crippen molar-refractivity contribution in [3.63, 3.8) is 0 Å². The van der Waals surface area contributed by atoms with E-state index in [1.54, 1.807) is 17.7 Å². The number of pyridine rings is 1. The third-order valence-corrected chi connectivity index (χ3v) is 5.32. The molecule has 4 rings (SSSR count). The van der Waals surface area contributed by atoms with Crippen molar-refractivity contribution in [1.82, 2.24) is 15.0 Å². The van der Waals surface area contributed by atoms with Gasteiger partial charge in [-0.05, 0) is 31.4 Å². The van der Waals surface area contributed by atoms with Gasteiger partial charge < -0.3 is 15.3 Å². The lowest BCUT2D eigenvalue weighted by Gasteiger charge is -2.16. The summed E-state index contributed by atoms with van der Waals surface area (Å²) in [5.41, 5.74) is 2.15. The standard InChI is InChI=1S/C16H19N5OS/c1-10-8-11(21-5-2-3-6-21)20-16-12(10)13-14(23-16)15(17-4-7-22)19-9-18-13/h8-9,22H,2-7H2,1H3,(H,17,18,19). The molecule has 0 radical (unpaired) electrons. The molecule has 0 spiro atoms. The van der Waals surface area contributed by atoms with Crippen molar-refractivity contribution < 1.29 is 5.11 Å². The highest BCUT2D eigenvalue weighted by Gasteiger charge is 2.18. The van der Waals surface area contributed by atoms with Crippen LogP contribution in [0, 0.1) is 6.92 Å². The van der Waals surface area contributed by atoms with Gasteiger partial charge in [0.15, 0.2) is 0 Å². The lowest BCUT2D eigenvalue weighted by Crippen LogP contribution is -2.18. The van der Waals surface area contributed by atoms with Crippen molar-refractivity contribution in [1.29, 1.82) is 0 Å². The van der Waals surface area contributed by atoms with Gasteiger partial charge in [-0.1, -0.05) is 0 Å². The Hall–Kier alpha value is -1.99. The molecule has 3 aromatic heterocycles. The second-order valence-electron chi connectivity index (χ2n) is 5.82. The number of aromatic nitrogens is 3. The number of nitrogens with zero attached hydrogens (tertiary/aromatic N) is 4. The first-order chi connectivity index (χ1) is 11.3. The van der Waals surface area contributed by atoms with Gasteiger partial charge in [0, 0.05) is 25.0 Å². The minimum Gasteiger partial charge on any atom is -0.395 e. The van der Waals surface area contributed by atoms with Gasteiger partial charge in [0.2, 0.25) is 0 Å². The summed E-state index contributed by atoms with van der Waals surface area (Å²) in [5.74, 6) is 1.84. The molecule has 0 aliphatic carbocycles. The normalized spacial score (nSPS) is 15.0. The van der Waals surface area contributed by atoms with E-state index in [0.29, 0.717) is 6.54 Å². The fourth-order valence-electron chi connectivity index (χ4n) is 3.14. The van der Waals surface area contributed by atoms with Crippen LogP contribution in [-0.2, 0) is 0 Å². The quantitative estimate of drug-likeness (QED) is 0.766. The lowest BCUT2D eigenvalue weighted by molar-refractivity contribution is 0.311. The number of anilines is 2. The Morgan fingerprint density at radius 1 is 1.30 bits per heavy atom.